The molecular weight excluding hydrogens is 240 g/mol. The number of carbonyl (C=O) groups excluding carboxylic acids is 1. The van der Waals surface area contributed by atoms with Crippen LogP contribution in [0.3, 0.4) is 0 Å². The first kappa shape index (κ1) is 14.0. The first-order valence-corrected chi connectivity index (χ1v) is 6.80. The molecule has 0 unspecified atom stereocenters. The summed E-state index contributed by atoms with van der Waals surface area (Å²) in [4.78, 5) is 19.0. The van der Waals surface area contributed by atoms with Gasteiger partial charge in [-0.2, -0.15) is 0 Å². The van der Waals surface area contributed by atoms with Gasteiger partial charge in [0.15, 0.2) is 0 Å². The molecule has 0 aliphatic carbocycles. The lowest BCUT2D eigenvalue weighted by Gasteiger charge is -2.31. The minimum absolute atomic E-state index is 0.134. The van der Waals surface area contributed by atoms with Crippen molar-refractivity contribution in [3.8, 4) is 0 Å². The molecule has 2 rings (SSSR count). The van der Waals surface area contributed by atoms with Crippen molar-refractivity contribution in [2.24, 2.45) is 11.8 Å². The summed E-state index contributed by atoms with van der Waals surface area (Å²) in [5.74, 6) is 5.71. The Kier molecular flexibility index (Phi) is 4.56. The van der Waals surface area contributed by atoms with Crippen molar-refractivity contribution < 1.29 is 9.63 Å². The highest BCUT2D eigenvalue weighted by Crippen LogP contribution is 2.20. The summed E-state index contributed by atoms with van der Waals surface area (Å²) in [6.45, 7) is 6.27. The van der Waals surface area contributed by atoms with Crippen LogP contribution < -0.4 is 5.90 Å². The van der Waals surface area contributed by atoms with Gasteiger partial charge in [0, 0.05) is 18.7 Å². The van der Waals surface area contributed by atoms with Gasteiger partial charge >= 0.3 is 0 Å². The van der Waals surface area contributed by atoms with Crippen molar-refractivity contribution in [3.63, 3.8) is 0 Å². The Morgan fingerprint density at radius 2 is 2.00 bits per heavy atom. The molecule has 1 heterocycles. The number of nitrogens with zero attached hydrogens (tertiary/aromatic N) is 1. The zero-order chi connectivity index (χ0) is 13.8. The zero-order valence-corrected chi connectivity index (χ0v) is 11.7. The quantitative estimate of drug-likeness (QED) is 0.848. The molecule has 1 aliphatic rings. The maximum atomic E-state index is 12.4. The van der Waals surface area contributed by atoms with Crippen LogP contribution in [0.2, 0.25) is 0 Å². The van der Waals surface area contributed by atoms with Crippen LogP contribution in [0, 0.1) is 19.8 Å². The van der Waals surface area contributed by atoms with Crippen molar-refractivity contribution in [3.05, 3.63) is 34.9 Å². The third kappa shape index (κ3) is 3.33. The van der Waals surface area contributed by atoms with E-state index in [2.05, 4.69) is 11.8 Å². The molecule has 1 fully saturated rings. The number of hydrogen-bond acceptors (Lipinski definition) is 3. The molecule has 1 amide bonds. The summed E-state index contributed by atoms with van der Waals surface area (Å²) in [5, 5.41) is 0. The average Bonchev–Trinajstić information content (AvgIpc) is 2.42. The molecule has 2 N–H and O–H groups in total. The van der Waals surface area contributed by atoms with E-state index in [-0.39, 0.29) is 5.91 Å². The number of amides is 1. The molecule has 1 aromatic rings. The minimum atomic E-state index is 0.134. The monoisotopic (exact) mass is 262 g/mol. The third-order valence-corrected chi connectivity index (χ3v) is 3.99. The topological polar surface area (TPSA) is 55.6 Å². The maximum Gasteiger partial charge on any atom is 0.253 e. The lowest BCUT2D eigenvalue weighted by molar-refractivity contribution is 0.0525. The molecule has 0 saturated carbocycles. The fourth-order valence-electron chi connectivity index (χ4n) is 2.50. The summed E-state index contributed by atoms with van der Waals surface area (Å²) >= 11 is 0. The van der Waals surface area contributed by atoms with Gasteiger partial charge in [0.05, 0.1) is 6.61 Å². The van der Waals surface area contributed by atoms with Crippen LogP contribution in [0.15, 0.2) is 18.2 Å². The van der Waals surface area contributed by atoms with Crippen LogP contribution in [-0.2, 0) is 4.84 Å². The number of aryl methyl sites for hydroxylation is 2. The van der Waals surface area contributed by atoms with Crippen LogP contribution >= 0.6 is 0 Å². The Bertz CT molecular complexity index is 451. The lowest BCUT2D eigenvalue weighted by atomic mass is 9.97. The second kappa shape index (κ2) is 6.17. The second-order valence-electron chi connectivity index (χ2n) is 5.37. The molecule has 0 atom stereocenters. The van der Waals surface area contributed by atoms with Gasteiger partial charge in [0.1, 0.15) is 0 Å². The molecule has 104 valence electrons. The van der Waals surface area contributed by atoms with E-state index in [1.807, 2.05) is 30.0 Å². The van der Waals surface area contributed by atoms with E-state index in [4.69, 9.17) is 5.90 Å². The van der Waals surface area contributed by atoms with Gasteiger partial charge in [-0.3, -0.25) is 4.79 Å². The van der Waals surface area contributed by atoms with Crippen molar-refractivity contribution >= 4 is 5.91 Å². The van der Waals surface area contributed by atoms with Crippen LogP contribution in [0.25, 0.3) is 0 Å². The number of carbonyl (C=O) groups is 1. The smallest absolute Gasteiger partial charge is 0.253 e. The van der Waals surface area contributed by atoms with Crippen LogP contribution in [0.4, 0.5) is 0 Å². The van der Waals surface area contributed by atoms with Gasteiger partial charge in [-0.25, -0.2) is 5.90 Å². The predicted molar refractivity (Wildman–Crippen MR) is 74.7 cm³/mol. The number of nitrogens with two attached hydrogens (primary N) is 1. The average molecular weight is 262 g/mol. The van der Waals surface area contributed by atoms with Crippen LogP contribution in [0.1, 0.15) is 34.3 Å². The number of piperidine rings is 1. The highest BCUT2D eigenvalue weighted by Gasteiger charge is 2.23. The van der Waals surface area contributed by atoms with Crippen molar-refractivity contribution in [2.45, 2.75) is 26.7 Å². The number of likely N-dealkylation sites (tertiary alicyclic amines) is 1. The van der Waals surface area contributed by atoms with Gasteiger partial charge < -0.3 is 9.74 Å². The molecule has 19 heavy (non-hydrogen) atoms. The van der Waals surface area contributed by atoms with E-state index in [0.29, 0.717) is 12.5 Å². The highest BCUT2D eigenvalue weighted by molar-refractivity contribution is 5.94. The van der Waals surface area contributed by atoms with Gasteiger partial charge in [0.2, 0.25) is 0 Å². The number of hydrogen-bond donors (Lipinski definition) is 1. The van der Waals surface area contributed by atoms with E-state index in [9.17, 15) is 4.79 Å². The van der Waals surface area contributed by atoms with E-state index < -0.39 is 0 Å². The van der Waals surface area contributed by atoms with Crippen molar-refractivity contribution in [2.75, 3.05) is 19.7 Å². The minimum Gasteiger partial charge on any atom is -0.339 e. The van der Waals surface area contributed by atoms with E-state index >= 15 is 0 Å². The Morgan fingerprint density at radius 3 is 2.58 bits per heavy atom. The third-order valence-electron chi connectivity index (χ3n) is 3.99. The SMILES string of the molecule is Cc1ccc(C(=O)N2CCC(CON)CC2)cc1C. The fourth-order valence-corrected chi connectivity index (χ4v) is 2.50. The Balaban J connectivity index is 1.99. The van der Waals surface area contributed by atoms with E-state index in [1.54, 1.807) is 0 Å². The Labute approximate surface area is 114 Å². The second-order valence-corrected chi connectivity index (χ2v) is 5.37. The summed E-state index contributed by atoms with van der Waals surface area (Å²) in [5.41, 5.74) is 3.17. The lowest BCUT2D eigenvalue weighted by Crippen LogP contribution is -2.39. The summed E-state index contributed by atoms with van der Waals surface area (Å²) in [6.07, 6.45) is 1.93. The molecule has 1 aliphatic heterocycles. The number of benzene rings is 1. The van der Waals surface area contributed by atoms with Gasteiger partial charge in [0.25, 0.3) is 5.91 Å². The maximum absolute atomic E-state index is 12.4. The van der Waals surface area contributed by atoms with Gasteiger partial charge in [-0.15, -0.1) is 0 Å². The molecule has 4 heteroatoms. The summed E-state index contributed by atoms with van der Waals surface area (Å²) < 4.78 is 0. The normalized spacial score (nSPS) is 16.7. The molecule has 0 bridgehead atoms. The first-order valence-electron chi connectivity index (χ1n) is 6.80. The van der Waals surface area contributed by atoms with Crippen molar-refractivity contribution in [1.29, 1.82) is 0 Å². The van der Waals surface area contributed by atoms with Crippen molar-refractivity contribution in [1.82, 2.24) is 4.90 Å². The predicted octanol–water partition coefficient (Wildman–Crippen LogP) is 2.05. The largest absolute Gasteiger partial charge is 0.339 e. The Hall–Kier alpha value is -1.39. The van der Waals surface area contributed by atoms with E-state index in [0.717, 1.165) is 37.1 Å². The molecular formula is C15H22N2O2. The zero-order valence-electron chi connectivity index (χ0n) is 11.7. The molecule has 1 saturated heterocycles. The van der Waals surface area contributed by atoms with Crippen LogP contribution in [-0.4, -0.2) is 30.5 Å². The molecule has 0 radical (unpaired) electrons. The summed E-state index contributed by atoms with van der Waals surface area (Å²) in [6, 6.07) is 5.91. The van der Waals surface area contributed by atoms with Crippen LogP contribution in [0.5, 0.6) is 0 Å². The first-order chi connectivity index (χ1) is 9.11. The standard InChI is InChI=1S/C15H22N2O2/c1-11-3-4-14(9-12(11)2)15(18)17-7-5-13(6-8-17)10-19-16/h3-4,9,13H,5-8,10,16H2,1-2H3. The van der Waals surface area contributed by atoms with Gasteiger partial charge in [-0.05, 0) is 55.9 Å². The molecule has 0 aromatic heterocycles. The number of rotatable bonds is 3. The van der Waals surface area contributed by atoms with E-state index in [1.165, 1.54) is 5.56 Å². The molecule has 1 aromatic carbocycles. The van der Waals surface area contributed by atoms with Gasteiger partial charge in [-0.1, -0.05) is 6.07 Å². The highest BCUT2D eigenvalue weighted by atomic mass is 16.6. The molecule has 0 spiro atoms. The molecule has 4 nitrogen and oxygen atoms in total. The fraction of sp³-hybridized carbons (Fsp3) is 0.533. The summed E-state index contributed by atoms with van der Waals surface area (Å²) in [7, 11) is 0. The Morgan fingerprint density at radius 1 is 1.32 bits per heavy atom.